The van der Waals surface area contributed by atoms with Crippen LogP contribution in [0, 0.1) is 11.8 Å². The summed E-state index contributed by atoms with van der Waals surface area (Å²) in [5, 5.41) is 0. The Hall–Kier alpha value is -1.29. The van der Waals surface area contributed by atoms with Crippen LogP contribution in [-0.2, 0) is 9.59 Å². The molecule has 0 bridgehead atoms. The molecule has 100 valence electrons. The number of amides is 2. The molecule has 2 amide bonds. The summed E-state index contributed by atoms with van der Waals surface area (Å²) in [7, 11) is 0. The minimum atomic E-state index is -0.0702. The van der Waals surface area contributed by atoms with Crippen molar-refractivity contribution in [2.45, 2.75) is 30.6 Å². The topological polar surface area (TPSA) is 37.4 Å². The molecular formula is C15H17NO2S. The highest BCUT2D eigenvalue weighted by atomic mass is 32.2. The molecule has 2 fully saturated rings. The Morgan fingerprint density at radius 1 is 1.11 bits per heavy atom. The molecule has 1 aliphatic carbocycles. The summed E-state index contributed by atoms with van der Waals surface area (Å²) in [6, 6.07) is 7.68. The molecule has 1 saturated carbocycles. The standard InChI is InChI=1S/C15H17NO2S/c1-19-11-6-4-5-10(9-11)16-14(17)12-7-2-3-8-13(12)15(16)18/h4-6,9,12-13H,2-3,7-8H2,1H3/t12-,13+. The Kier molecular flexibility index (Phi) is 3.35. The zero-order valence-electron chi connectivity index (χ0n) is 11.0. The van der Waals surface area contributed by atoms with Crippen LogP contribution in [0.2, 0.25) is 0 Å². The fourth-order valence-corrected chi connectivity index (χ4v) is 3.62. The van der Waals surface area contributed by atoms with Crippen molar-refractivity contribution in [3.63, 3.8) is 0 Å². The lowest BCUT2D eigenvalue weighted by atomic mass is 9.81. The van der Waals surface area contributed by atoms with Gasteiger partial charge in [0.1, 0.15) is 0 Å². The van der Waals surface area contributed by atoms with Gasteiger partial charge in [0.25, 0.3) is 0 Å². The van der Waals surface area contributed by atoms with E-state index < -0.39 is 0 Å². The Labute approximate surface area is 117 Å². The van der Waals surface area contributed by atoms with Gasteiger partial charge in [0.05, 0.1) is 17.5 Å². The number of benzene rings is 1. The predicted octanol–water partition coefficient (Wildman–Crippen LogP) is 3.09. The second-order valence-corrected chi connectivity index (χ2v) is 6.09. The second-order valence-electron chi connectivity index (χ2n) is 5.21. The predicted molar refractivity (Wildman–Crippen MR) is 76.2 cm³/mol. The summed E-state index contributed by atoms with van der Waals surface area (Å²) in [6.45, 7) is 0. The van der Waals surface area contributed by atoms with Gasteiger partial charge in [-0.25, -0.2) is 0 Å². The Morgan fingerprint density at radius 3 is 2.32 bits per heavy atom. The van der Waals surface area contributed by atoms with Crippen LogP contribution in [0.4, 0.5) is 5.69 Å². The summed E-state index contributed by atoms with van der Waals surface area (Å²) >= 11 is 1.62. The molecule has 1 aromatic rings. The number of carbonyl (C=O) groups excluding carboxylic acids is 2. The molecule has 19 heavy (non-hydrogen) atoms. The van der Waals surface area contributed by atoms with E-state index in [0.717, 1.165) is 36.3 Å². The van der Waals surface area contributed by atoms with E-state index in [9.17, 15) is 9.59 Å². The molecule has 1 aliphatic heterocycles. The molecule has 0 N–H and O–H groups in total. The van der Waals surface area contributed by atoms with E-state index in [2.05, 4.69) is 0 Å². The lowest BCUT2D eigenvalue weighted by Crippen LogP contribution is -2.30. The molecule has 1 heterocycles. The average Bonchev–Trinajstić information content (AvgIpc) is 2.72. The zero-order valence-corrected chi connectivity index (χ0v) is 11.8. The van der Waals surface area contributed by atoms with Crippen LogP contribution in [0.1, 0.15) is 25.7 Å². The number of anilines is 1. The molecule has 0 aromatic heterocycles. The smallest absolute Gasteiger partial charge is 0.237 e. The van der Waals surface area contributed by atoms with Crippen molar-refractivity contribution in [2.24, 2.45) is 11.8 Å². The first-order valence-electron chi connectivity index (χ1n) is 6.74. The summed E-state index contributed by atoms with van der Waals surface area (Å²) in [4.78, 5) is 27.4. The first kappa shape index (κ1) is 12.7. The number of imide groups is 1. The minimum absolute atomic E-state index is 0.00736. The molecular weight excluding hydrogens is 258 g/mol. The normalized spacial score (nSPS) is 26.7. The van der Waals surface area contributed by atoms with Gasteiger partial charge in [-0.1, -0.05) is 18.9 Å². The molecule has 4 heteroatoms. The lowest BCUT2D eigenvalue weighted by molar-refractivity contribution is -0.122. The van der Waals surface area contributed by atoms with Gasteiger partial charge < -0.3 is 0 Å². The van der Waals surface area contributed by atoms with Gasteiger partial charge in [0.15, 0.2) is 0 Å². The first-order valence-corrected chi connectivity index (χ1v) is 7.96. The lowest BCUT2D eigenvalue weighted by Gasteiger charge is -2.19. The van der Waals surface area contributed by atoms with Gasteiger partial charge >= 0.3 is 0 Å². The number of fused-ring (bicyclic) bond motifs is 1. The van der Waals surface area contributed by atoms with Crippen LogP contribution in [0.15, 0.2) is 29.2 Å². The first-order chi connectivity index (χ1) is 9.22. The fraction of sp³-hybridized carbons (Fsp3) is 0.467. The van der Waals surface area contributed by atoms with Crippen molar-refractivity contribution in [3.05, 3.63) is 24.3 Å². The van der Waals surface area contributed by atoms with Crippen molar-refractivity contribution in [1.82, 2.24) is 0 Å². The van der Waals surface area contributed by atoms with Crippen molar-refractivity contribution in [2.75, 3.05) is 11.2 Å². The van der Waals surface area contributed by atoms with Crippen LogP contribution in [0.5, 0.6) is 0 Å². The number of hydrogen-bond acceptors (Lipinski definition) is 3. The Balaban J connectivity index is 1.95. The van der Waals surface area contributed by atoms with Crippen molar-refractivity contribution in [3.8, 4) is 0 Å². The van der Waals surface area contributed by atoms with Gasteiger partial charge in [-0.3, -0.25) is 14.5 Å². The quantitative estimate of drug-likeness (QED) is 0.615. The highest BCUT2D eigenvalue weighted by Gasteiger charge is 2.48. The van der Waals surface area contributed by atoms with E-state index in [1.54, 1.807) is 11.8 Å². The number of thioether (sulfide) groups is 1. The monoisotopic (exact) mass is 275 g/mol. The molecule has 3 rings (SSSR count). The van der Waals surface area contributed by atoms with Crippen molar-refractivity contribution in [1.29, 1.82) is 0 Å². The summed E-state index contributed by atoms with van der Waals surface area (Å²) in [5.41, 5.74) is 0.733. The van der Waals surface area contributed by atoms with Gasteiger partial charge in [-0.2, -0.15) is 0 Å². The van der Waals surface area contributed by atoms with Crippen molar-refractivity contribution < 1.29 is 9.59 Å². The van der Waals surface area contributed by atoms with Crippen LogP contribution >= 0.6 is 11.8 Å². The molecule has 0 spiro atoms. The van der Waals surface area contributed by atoms with E-state index in [1.807, 2.05) is 30.5 Å². The van der Waals surface area contributed by atoms with Gasteiger partial charge in [-0.15, -0.1) is 11.8 Å². The maximum atomic E-state index is 12.4. The number of nitrogens with zero attached hydrogens (tertiary/aromatic N) is 1. The van der Waals surface area contributed by atoms with Crippen LogP contribution < -0.4 is 4.90 Å². The third-order valence-electron chi connectivity index (χ3n) is 4.15. The third-order valence-corrected chi connectivity index (χ3v) is 4.88. The van der Waals surface area contributed by atoms with E-state index in [0.29, 0.717) is 0 Å². The molecule has 1 saturated heterocycles. The molecule has 2 atom stereocenters. The maximum absolute atomic E-state index is 12.4. The van der Waals surface area contributed by atoms with E-state index >= 15 is 0 Å². The molecule has 2 aliphatic rings. The maximum Gasteiger partial charge on any atom is 0.237 e. The summed E-state index contributed by atoms with van der Waals surface area (Å²) in [6.07, 6.45) is 5.87. The summed E-state index contributed by atoms with van der Waals surface area (Å²) < 4.78 is 0. The van der Waals surface area contributed by atoms with Crippen LogP contribution in [-0.4, -0.2) is 18.1 Å². The van der Waals surface area contributed by atoms with Gasteiger partial charge in [0, 0.05) is 4.90 Å². The Morgan fingerprint density at radius 2 is 1.74 bits per heavy atom. The zero-order chi connectivity index (χ0) is 13.4. The average molecular weight is 275 g/mol. The van der Waals surface area contributed by atoms with Crippen LogP contribution in [0.25, 0.3) is 0 Å². The minimum Gasteiger partial charge on any atom is -0.274 e. The van der Waals surface area contributed by atoms with E-state index in [4.69, 9.17) is 0 Å². The fourth-order valence-electron chi connectivity index (χ4n) is 3.17. The second kappa shape index (κ2) is 5.00. The van der Waals surface area contributed by atoms with Gasteiger partial charge in [-0.05, 0) is 37.3 Å². The third kappa shape index (κ3) is 2.08. The van der Waals surface area contributed by atoms with Crippen LogP contribution in [0.3, 0.4) is 0 Å². The molecule has 0 radical (unpaired) electrons. The number of hydrogen-bond donors (Lipinski definition) is 0. The highest BCUT2D eigenvalue weighted by molar-refractivity contribution is 7.98. The molecule has 0 unspecified atom stereocenters. The summed E-state index contributed by atoms with van der Waals surface area (Å²) in [5.74, 6) is -0.126. The SMILES string of the molecule is CSc1cccc(N2C(=O)[C@H]3CCCC[C@H]3C2=O)c1. The number of carbonyl (C=O) groups is 2. The Bertz CT molecular complexity index is 505. The van der Waals surface area contributed by atoms with Gasteiger partial charge in [0.2, 0.25) is 11.8 Å². The van der Waals surface area contributed by atoms with Crippen molar-refractivity contribution >= 4 is 29.3 Å². The number of rotatable bonds is 2. The largest absolute Gasteiger partial charge is 0.274 e. The molecule has 1 aromatic carbocycles. The molecule has 3 nitrogen and oxygen atoms in total. The highest BCUT2D eigenvalue weighted by Crippen LogP contribution is 2.40. The van der Waals surface area contributed by atoms with E-state index in [1.165, 1.54) is 4.90 Å². The van der Waals surface area contributed by atoms with E-state index in [-0.39, 0.29) is 23.7 Å².